The van der Waals surface area contributed by atoms with Crippen LogP contribution in [0.15, 0.2) is 24.3 Å². The zero-order chi connectivity index (χ0) is 20.1. The number of hydrogen-bond donors (Lipinski definition) is 2. The van der Waals surface area contributed by atoms with Gasteiger partial charge in [-0.1, -0.05) is 24.9 Å². The van der Waals surface area contributed by atoms with Gasteiger partial charge in [-0.25, -0.2) is 4.98 Å². The van der Waals surface area contributed by atoms with Gasteiger partial charge in [0.05, 0.1) is 4.92 Å². The van der Waals surface area contributed by atoms with Crippen LogP contribution in [0.1, 0.15) is 38.3 Å². The van der Waals surface area contributed by atoms with Crippen LogP contribution in [0.5, 0.6) is 0 Å². The van der Waals surface area contributed by atoms with Gasteiger partial charge in [0.1, 0.15) is 10.8 Å². The number of rotatable bonds is 7. The maximum absolute atomic E-state index is 11.1. The van der Waals surface area contributed by atoms with Gasteiger partial charge in [-0.15, -0.1) is 24.8 Å². The first-order valence-corrected chi connectivity index (χ1v) is 9.93. The van der Waals surface area contributed by atoms with Crippen molar-refractivity contribution in [3.8, 4) is 0 Å². The molecule has 2 aromatic rings. The molecule has 1 atom stereocenters. The van der Waals surface area contributed by atoms with Gasteiger partial charge in [0, 0.05) is 42.6 Å². The van der Waals surface area contributed by atoms with E-state index in [2.05, 4.69) is 27.1 Å². The largest absolute Gasteiger partial charge is 0.355 e. The maximum Gasteiger partial charge on any atom is 0.289 e. The number of halogens is 3. The number of aryl methyl sites for hydroxylation is 1. The van der Waals surface area contributed by atoms with Crippen molar-refractivity contribution in [1.29, 1.82) is 0 Å². The van der Waals surface area contributed by atoms with Crippen molar-refractivity contribution < 1.29 is 4.92 Å². The van der Waals surface area contributed by atoms with Crippen LogP contribution < -0.4 is 16.0 Å². The highest BCUT2D eigenvalue weighted by Crippen LogP contribution is 2.29. The Morgan fingerprint density at radius 1 is 1.33 bits per heavy atom. The molecule has 0 radical (unpaired) electrons. The van der Waals surface area contributed by atoms with Crippen LogP contribution in [-0.4, -0.2) is 34.0 Å². The molecule has 3 N–H and O–H groups in total. The number of nitrogens with zero attached hydrogens (tertiary/aromatic N) is 4. The second-order valence-corrected chi connectivity index (χ2v) is 7.45. The normalized spacial score (nSPS) is 15.7. The molecule has 166 valence electrons. The smallest absolute Gasteiger partial charge is 0.289 e. The topological polar surface area (TPSA) is 110 Å². The molecule has 1 saturated heterocycles. The van der Waals surface area contributed by atoms with E-state index in [0.717, 1.165) is 56.7 Å². The first-order valence-electron chi connectivity index (χ1n) is 9.55. The molecule has 0 aliphatic carbocycles. The van der Waals surface area contributed by atoms with Gasteiger partial charge in [-0.05, 0) is 37.8 Å². The highest BCUT2D eigenvalue weighted by Gasteiger charge is 2.20. The summed E-state index contributed by atoms with van der Waals surface area (Å²) in [5.74, 6) is 1.25. The summed E-state index contributed by atoms with van der Waals surface area (Å²) < 4.78 is 0. The predicted octanol–water partition coefficient (Wildman–Crippen LogP) is 4.90. The van der Waals surface area contributed by atoms with Gasteiger partial charge in [0.25, 0.3) is 5.69 Å². The van der Waals surface area contributed by atoms with Crippen LogP contribution in [0, 0.1) is 10.1 Å². The van der Waals surface area contributed by atoms with Gasteiger partial charge in [-0.3, -0.25) is 10.1 Å². The molecule has 8 nitrogen and oxygen atoms in total. The molecule has 0 spiro atoms. The monoisotopic (exact) mass is 476 g/mol. The Kier molecular flexibility index (Phi) is 10.6. The third-order valence-electron chi connectivity index (χ3n) is 4.73. The van der Waals surface area contributed by atoms with Gasteiger partial charge in [0.15, 0.2) is 0 Å². The van der Waals surface area contributed by atoms with Gasteiger partial charge >= 0.3 is 0 Å². The van der Waals surface area contributed by atoms with Gasteiger partial charge in [-0.2, -0.15) is 4.98 Å². The lowest BCUT2D eigenvalue weighted by Crippen LogP contribution is -2.43. The summed E-state index contributed by atoms with van der Waals surface area (Å²) in [6.45, 7) is 3.80. The Morgan fingerprint density at radius 2 is 2.10 bits per heavy atom. The Hall–Kier alpha value is -1.87. The van der Waals surface area contributed by atoms with E-state index >= 15 is 0 Å². The molecule has 3 rings (SSSR count). The van der Waals surface area contributed by atoms with E-state index in [0.29, 0.717) is 11.6 Å². The van der Waals surface area contributed by atoms with Crippen molar-refractivity contribution in [2.24, 2.45) is 5.73 Å². The minimum atomic E-state index is -0.507. The number of hydrogen-bond acceptors (Lipinski definition) is 7. The van der Waals surface area contributed by atoms with E-state index in [9.17, 15) is 10.1 Å². The van der Waals surface area contributed by atoms with Crippen molar-refractivity contribution >= 4 is 59.6 Å². The Bertz CT molecular complexity index is 855. The third-order valence-corrected chi connectivity index (χ3v) is 5.05. The van der Waals surface area contributed by atoms with Gasteiger partial charge in [0.2, 0.25) is 5.95 Å². The third kappa shape index (κ3) is 6.84. The summed E-state index contributed by atoms with van der Waals surface area (Å²) in [6, 6.07) is 6.71. The van der Waals surface area contributed by atoms with Crippen molar-refractivity contribution in [1.82, 2.24) is 9.97 Å². The maximum atomic E-state index is 11.1. The fourth-order valence-electron chi connectivity index (χ4n) is 3.26. The highest BCUT2D eigenvalue weighted by molar-refractivity contribution is 6.32. The predicted molar refractivity (Wildman–Crippen MR) is 126 cm³/mol. The molecule has 1 fully saturated rings. The van der Waals surface area contributed by atoms with Crippen LogP contribution in [0.25, 0.3) is 0 Å². The number of benzene rings is 1. The quantitative estimate of drug-likeness (QED) is 0.431. The number of nitrogens with one attached hydrogen (secondary N) is 1. The summed E-state index contributed by atoms with van der Waals surface area (Å²) in [7, 11) is 0. The molecule has 11 heteroatoms. The summed E-state index contributed by atoms with van der Waals surface area (Å²) in [6.07, 6.45) is 4.99. The SMILES string of the molecule is CCCCc1cc(N2CCC[C@@H](N)C2)nc(Nc2ccc(Cl)c([N+](=O)[O-])c2)n1.Cl.Cl. The van der Waals surface area contributed by atoms with Crippen LogP contribution in [-0.2, 0) is 6.42 Å². The molecular formula is C19H27Cl3N6O2. The molecule has 0 bridgehead atoms. The Balaban J connectivity index is 0.00000225. The standard InChI is InChI=1S/C19H25ClN6O2.2ClH/c1-2-3-6-14-11-18(25-9-4-5-13(21)12-25)24-19(22-14)23-15-7-8-16(20)17(10-15)26(27)28;;/h7-8,10-11,13H,2-6,9,12,21H2,1H3,(H,22,23,24);2*1H/t13-;;/m1../s1. The number of aromatic nitrogens is 2. The average molecular weight is 478 g/mol. The van der Waals surface area contributed by atoms with E-state index in [1.807, 2.05) is 6.07 Å². The molecule has 1 aromatic carbocycles. The van der Waals surface area contributed by atoms with Crippen LogP contribution >= 0.6 is 36.4 Å². The summed E-state index contributed by atoms with van der Waals surface area (Å²) in [4.78, 5) is 22.0. The highest BCUT2D eigenvalue weighted by atomic mass is 35.5. The first-order chi connectivity index (χ1) is 13.5. The number of nitro benzene ring substituents is 1. The van der Waals surface area contributed by atoms with Crippen molar-refractivity contribution in [2.75, 3.05) is 23.3 Å². The minimum Gasteiger partial charge on any atom is -0.355 e. The lowest BCUT2D eigenvalue weighted by atomic mass is 10.1. The molecule has 0 amide bonds. The Labute approximate surface area is 193 Å². The molecular weight excluding hydrogens is 451 g/mol. The molecule has 0 unspecified atom stereocenters. The molecule has 1 aliphatic heterocycles. The van der Waals surface area contributed by atoms with E-state index in [-0.39, 0.29) is 41.6 Å². The fraction of sp³-hybridized carbons (Fsp3) is 0.474. The minimum absolute atomic E-state index is 0. The molecule has 0 saturated carbocycles. The lowest BCUT2D eigenvalue weighted by molar-refractivity contribution is -0.384. The number of nitro groups is 1. The summed E-state index contributed by atoms with van der Waals surface area (Å²) in [5, 5.41) is 14.3. The van der Waals surface area contributed by atoms with Gasteiger partial charge < -0.3 is 16.0 Å². The molecule has 2 heterocycles. The number of anilines is 3. The summed E-state index contributed by atoms with van der Waals surface area (Å²) in [5.41, 5.74) is 7.43. The molecule has 30 heavy (non-hydrogen) atoms. The second kappa shape index (κ2) is 12.1. The van der Waals surface area contributed by atoms with Crippen molar-refractivity contribution in [3.63, 3.8) is 0 Å². The van der Waals surface area contributed by atoms with Crippen molar-refractivity contribution in [3.05, 3.63) is 45.1 Å². The number of piperidine rings is 1. The molecule has 1 aliphatic rings. The van der Waals surface area contributed by atoms with Crippen LogP contribution in [0.4, 0.5) is 23.1 Å². The van der Waals surface area contributed by atoms with Crippen molar-refractivity contribution in [2.45, 2.75) is 45.1 Å². The second-order valence-electron chi connectivity index (χ2n) is 7.04. The lowest BCUT2D eigenvalue weighted by Gasteiger charge is -2.32. The van der Waals surface area contributed by atoms with Crippen LogP contribution in [0.2, 0.25) is 5.02 Å². The van der Waals surface area contributed by atoms with E-state index in [1.54, 1.807) is 6.07 Å². The van der Waals surface area contributed by atoms with E-state index < -0.39 is 4.92 Å². The zero-order valence-corrected chi connectivity index (χ0v) is 19.1. The van der Waals surface area contributed by atoms with E-state index in [1.165, 1.54) is 12.1 Å². The van der Waals surface area contributed by atoms with E-state index in [4.69, 9.17) is 17.3 Å². The Morgan fingerprint density at radius 3 is 2.77 bits per heavy atom. The number of unbranched alkanes of at least 4 members (excludes halogenated alkanes) is 1. The summed E-state index contributed by atoms with van der Waals surface area (Å²) >= 11 is 5.90. The zero-order valence-electron chi connectivity index (χ0n) is 16.7. The first kappa shape index (κ1) is 26.2. The average Bonchev–Trinajstić information content (AvgIpc) is 2.67. The van der Waals surface area contributed by atoms with Crippen LogP contribution in [0.3, 0.4) is 0 Å². The fourth-order valence-corrected chi connectivity index (χ4v) is 3.45. The number of nitrogens with two attached hydrogens (primary N) is 1. The molecule has 1 aromatic heterocycles.